The van der Waals surface area contributed by atoms with Gasteiger partial charge in [0.25, 0.3) is 0 Å². The van der Waals surface area contributed by atoms with Gasteiger partial charge in [-0.1, -0.05) is 162 Å². The first-order valence-electron chi connectivity index (χ1n) is 18.4. The van der Waals surface area contributed by atoms with Gasteiger partial charge in [-0.25, -0.2) is 0 Å². The van der Waals surface area contributed by atoms with E-state index in [4.69, 9.17) is 0 Å². The molecule has 0 spiro atoms. The lowest BCUT2D eigenvalue weighted by Crippen LogP contribution is -2.53. The smallest absolute Gasteiger partial charge is 0.116 e. The summed E-state index contributed by atoms with van der Waals surface area (Å²) in [6, 6.07) is 0. The molecule has 0 radical (unpaired) electrons. The van der Waals surface area contributed by atoms with E-state index in [0.717, 1.165) is 0 Å². The molecule has 0 atom stereocenters. The van der Waals surface area contributed by atoms with Crippen LogP contribution in [-0.4, -0.2) is 16.1 Å². The van der Waals surface area contributed by atoms with Crippen molar-refractivity contribution >= 4 is 53.7 Å². The van der Waals surface area contributed by atoms with Crippen molar-refractivity contribution < 1.29 is 0 Å². The number of rotatable bonds is 23. The number of thiophene rings is 2. The molecule has 240 valence electrons. The highest BCUT2D eigenvalue weighted by atomic mass is 32.1. The molecule has 3 rings (SSSR count). The van der Waals surface area contributed by atoms with Gasteiger partial charge in [0.05, 0.1) is 8.07 Å². The summed E-state index contributed by atoms with van der Waals surface area (Å²) in [6.45, 7) is 20.3. The van der Waals surface area contributed by atoms with Crippen LogP contribution in [-0.2, 0) is 12.8 Å². The van der Waals surface area contributed by atoms with Crippen LogP contribution in [0.25, 0.3) is 9.75 Å². The van der Waals surface area contributed by atoms with Gasteiger partial charge in [0.15, 0.2) is 0 Å². The van der Waals surface area contributed by atoms with E-state index in [1.165, 1.54) is 141 Å². The Bertz CT molecular complexity index is 1050. The summed E-state index contributed by atoms with van der Waals surface area (Å²) in [5, 5.41) is 3.76. The van der Waals surface area contributed by atoms with Crippen molar-refractivity contribution in [2.45, 2.75) is 195 Å². The third-order valence-corrected chi connectivity index (χ3v) is 20.0. The van der Waals surface area contributed by atoms with Gasteiger partial charge in [-0.3, -0.25) is 0 Å². The summed E-state index contributed by atoms with van der Waals surface area (Å²) in [5.41, 5.74) is 3.64. The summed E-state index contributed by atoms with van der Waals surface area (Å²) in [6.07, 6.45) is 31.3. The Morgan fingerprint density at radius 1 is 0.500 bits per heavy atom. The van der Waals surface area contributed by atoms with Crippen LogP contribution in [0.5, 0.6) is 0 Å². The fourth-order valence-electron chi connectivity index (χ4n) is 7.53. The number of fused-ring (bicyclic) bond motifs is 3. The molecule has 4 heteroatoms. The van der Waals surface area contributed by atoms with Crippen LogP contribution in [0.4, 0.5) is 0 Å². The molecule has 0 saturated heterocycles. The van der Waals surface area contributed by atoms with Crippen LogP contribution >= 0.6 is 22.7 Å². The SMILES string of the molecule is CCCCCCCCCCCCc1c(C)sc2c1[Si](C)(C)c1c-2sc([Si](C)(C)C)c1CCCCCCCCCCCC. The Morgan fingerprint density at radius 2 is 0.857 bits per heavy atom. The van der Waals surface area contributed by atoms with E-state index in [0.29, 0.717) is 0 Å². The monoisotopic (exact) mass is 644 g/mol. The minimum absolute atomic E-state index is 1.33. The van der Waals surface area contributed by atoms with E-state index in [1.807, 2.05) is 20.4 Å². The summed E-state index contributed by atoms with van der Waals surface area (Å²) >= 11 is 4.42. The Balaban J connectivity index is 1.59. The summed E-state index contributed by atoms with van der Waals surface area (Å²) < 4.78 is 1.84. The van der Waals surface area contributed by atoms with Crippen LogP contribution in [0.2, 0.25) is 32.7 Å². The maximum absolute atomic E-state index is 2.72. The lowest BCUT2D eigenvalue weighted by Gasteiger charge is -2.25. The first kappa shape index (κ1) is 36.3. The van der Waals surface area contributed by atoms with Crippen molar-refractivity contribution in [1.82, 2.24) is 0 Å². The van der Waals surface area contributed by atoms with Crippen molar-refractivity contribution in [3.63, 3.8) is 0 Å². The van der Waals surface area contributed by atoms with E-state index in [-0.39, 0.29) is 0 Å². The first-order chi connectivity index (χ1) is 20.1. The molecule has 1 aliphatic rings. The largest absolute Gasteiger partial charge is 0.144 e. The molecule has 0 nitrogen and oxygen atoms in total. The third kappa shape index (κ3) is 9.92. The van der Waals surface area contributed by atoms with Gasteiger partial charge in [-0.05, 0) is 58.6 Å². The quantitative estimate of drug-likeness (QED) is 0.0834. The highest BCUT2D eigenvalue weighted by molar-refractivity contribution is 7.35. The van der Waals surface area contributed by atoms with E-state index >= 15 is 0 Å². The lowest BCUT2D eigenvalue weighted by atomic mass is 10.0. The number of aryl methyl sites for hydroxylation is 1. The number of hydrogen-bond acceptors (Lipinski definition) is 2. The Hall–Kier alpha value is -0.166. The molecule has 2 aromatic heterocycles. The lowest BCUT2D eigenvalue weighted by molar-refractivity contribution is 0.556. The molecule has 0 unspecified atom stereocenters. The van der Waals surface area contributed by atoms with Crippen molar-refractivity contribution in [2.75, 3.05) is 0 Å². The van der Waals surface area contributed by atoms with E-state index < -0.39 is 16.1 Å². The summed E-state index contributed by atoms with van der Waals surface area (Å²) in [7, 11) is -3.02. The van der Waals surface area contributed by atoms with Crippen molar-refractivity contribution in [1.29, 1.82) is 0 Å². The van der Waals surface area contributed by atoms with E-state index in [9.17, 15) is 0 Å². The average molecular weight is 645 g/mol. The van der Waals surface area contributed by atoms with Gasteiger partial charge >= 0.3 is 0 Å². The molecule has 42 heavy (non-hydrogen) atoms. The molecular weight excluding hydrogens is 577 g/mol. The molecule has 0 bridgehead atoms. The second-order valence-corrected chi connectivity index (χ2v) is 27.1. The van der Waals surface area contributed by atoms with Gasteiger partial charge < -0.3 is 0 Å². The molecule has 0 fully saturated rings. The van der Waals surface area contributed by atoms with Crippen LogP contribution in [0.1, 0.15) is 158 Å². The van der Waals surface area contributed by atoms with Crippen molar-refractivity contribution in [3.8, 4) is 9.75 Å². The normalized spacial score (nSPS) is 14.1. The summed E-state index contributed by atoms with van der Waals surface area (Å²) in [4.78, 5) is 5.10. The average Bonchev–Trinajstić information content (AvgIpc) is 3.55. The molecule has 1 aliphatic heterocycles. The molecular formula is C38H68S2Si2. The zero-order chi connectivity index (χ0) is 30.6. The third-order valence-electron chi connectivity index (χ3n) is 9.91. The van der Waals surface area contributed by atoms with Gasteiger partial charge in [-0.2, -0.15) is 0 Å². The molecule has 0 aromatic carbocycles. The molecule has 0 N–H and O–H groups in total. The highest BCUT2D eigenvalue weighted by Crippen LogP contribution is 2.42. The molecule has 0 saturated carbocycles. The van der Waals surface area contributed by atoms with Crippen LogP contribution in [0, 0.1) is 6.92 Å². The fourth-order valence-corrected chi connectivity index (χ4v) is 18.5. The van der Waals surface area contributed by atoms with Gasteiger partial charge in [0.1, 0.15) is 8.07 Å². The molecule has 2 aromatic rings. The zero-order valence-corrected chi connectivity index (χ0v) is 33.0. The first-order valence-corrected chi connectivity index (χ1v) is 26.6. The zero-order valence-electron chi connectivity index (χ0n) is 29.4. The molecule has 0 amide bonds. The molecule has 3 heterocycles. The summed E-state index contributed by atoms with van der Waals surface area (Å²) in [5.74, 6) is 0. The van der Waals surface area contributed by atoms with Crippen molar-refractivity contribution in [2.24, 2.45) is 0 Å². The van der Waals surface area contributed by atoms with Crippen LogP contribution < -0.4 is 14.9 Å². The van der Waals surface area contributed by atoms with Gasteiger partial charge in [-0.15, -0.1) is 22.7 Å². The second kappa shape index (κ2) is 18.1. The maximum atomic E-state index is 2.72. The van der Waals surface area contributed by atoms with Gasteiger partial charge in [0.2, 0.25) is 0 Å². The van der Waals surface area contributed by atoms with Crippen molar-refractivity contribution in [3.05, 3.63) is 16.0 Å². The Morgan fingerprint density at radius 3 is 1.29 bits per heavy atom. The minimum atomic E-state index is -1.66. The second-order valence-electron chi connectivity index (χ2n) is 15.2. The van der Waals surface area contributed by atoms with E-state index in [2.05, 4.69) is 76.2 Å². The fraction of sp³-hybridized carbons (Fsp3) is 0.789. The predicted molar refractivity (Wildman–Crippen MR) is 203 cm³/mol. The Labute approximate surface area is 272 Å². The van der Waals surface area contributed by atoms with Crippen LogP contribution in [0.15, 0.2) is 0 Å². The van der Waals surface area contributed by atoms with Gasteiger partial charge in [0, 0.05) is 14.6 Å². The topological polar surface area (TPSA) is 0 Å². The standard InChI is InChI=1S/C38H68S2Si2/c1-9-11-13-15-17-19-21-23-25-27-29-32-31(3)39-34-35-37(42(7,8)36(32)34)33(38(40-35)41(4,5)6)30-28-26-24-22-20-18-16-14-12-10-2/h9-30H2,1-8H3. The van der Waals surface area contributed by atoms with E-state index in [1.54, 1.807) is 20.2 Å². The molecule has 0 aliphatic carbocycles. The Kier molecular flexibility index (Phi) is 15.6. The number of unbranched alkanes of at least 4 members (excludes halogenated alkanes) is 18. The van der Waals surface area contributed by atoms with Crippen LogP contribution in [0.3, 0.4) is 0 Å². The minimum Gasteiger partial charge on any atom is -0.144 e. The number of hydrogen-bond donors (Lipinski definition) is 0. The highest BCUT2D eigenvalue weighted by Gasteiger charge is 2.46. The predicted octanol–water partition coefficient (Wildman–Crippen LogP) is 12.4. The maximum Gasteiger partial charge on any atom is 0.116 e.